The van der Waals surface area contributed by atoms with Crippen molar-refractivity contribution in [3.05, 3.63) is 64.8 Å². The molecule has 0 aliphatic heterocycles. The number of carboxylic acids is 1. The molecule has 104 valence electrons. The van der Waals surface area contributed by atoms with Gasteiger partial charge in [0.25, 0.3) is 5.91 Å². The van der Waals surface area contributed by atoms with Gasteiger partial charge in [0.05, 0.1) is 5.52 Å². The van der Waals surface area contributed by atoms with E-state index in [-0.39, 0.29) is 5.69 Å². The zero-order chi connectivity index (χ0) is 15.0. The third-order valence-corrected chi connectivity index (χ3v) is 3.33. The molecule has 0 bridgehead atoms. The van der Waals surface area contributed by atoms with Gasteiger partial charge in [0, 0.05) is 16.0 Å². The highest BCUT2D eigenvalue weighted by Crippen LogP contribution is 2.20. The molecular formula is C15H9ClN2O3. The maximum absolute atomic E-state index is 12.5. The second-order valence-corrected chi connectivity index (χ2v) is 4.83. The van der Waals surface area contributed by atoms with E-state index in [0.717, 1.165) is 4.68 Å². The molecule has 0 saturated heterocycles. The van der Waals surface area contributed by atoms with E-state index in [2.05, 4.69) is 5.10 Å². The molecule has 21 heavy (non-hydrogen) atoms. The number of aromatic carboxylic acids is 1. The molecule has 6 heteroatoms. The van der Waals surface area contributed by atoms with Crippen molar-refractivity contribution in [1.29, 1.82) is 0 Å². The maximum Gasteiger partial charge on any atom is 0.357 e. The van der Waals surface area contributed by atoms with Crippen LogP contribution in [0.25, 0.3) is 10.9 Å². The second kappa shape index (κ2) is 5.03. The van der Waals surface area contributed by atoms with E-state index >= 15 is 0 Å². The number of aromatic nitrogens is 2. The van der Waals surface area contributed by atoms with Crippen LogP contribution in [0.2, 0.25) is 5.02 Å². The van der Waals surface area contributed by atoms with Crippen molar-refractivity contribution in [3.8, 4) is 0 Å². The van der Waals surface area contributed by atoms with Crippen LogP contribution in [0.3, 0.4) is 0 Å². The number of fused-ring (bicyclic) bond motifs is 1. The molecule has 0 fully saturated rings. The van der Waals surface area contributed by atoms with Crippen LogP contribution in [-0.4, -0.2) is 26.8 Å². The number of carboxylic acid groups (broad SMARTS) is 1. The normalized spacial score (nSPS) is 10.7. The van der Waals surface area contributed by atoms with Crippen molar-refractivity contribution in [2.75, 3.05) is 0 Å². The van der Waals surface area contributed by atoms with Crippen molar-refractivity contribution in [3.63, 3.8) is 0 Å². The lowest BCUT2D eigenvalue weighted by molar-refractivity contribution is 0.0691. The minimum atomic E-state index is -1.17. The smallest absolute Gasteiger partial charge is 0.357 e. The highest BCUT2D eigenvalue weighted by atomic mass is 35.5. The highest BCUT2D eigenvalue weighted by molar-refractivity contribution is 6.30. The number of carbonyl (C=O) groups is 2. The molecule has 0 aliphatic carbocycles. The van der Waals surface area contributed by atoms with Crippen molar-refractivity contribution in [2.24, 2.45) is 0 Å². The Morgan fingerprint density at radius 2 is 1.71 bits per heavy atom. The van der Waals surface area contributed by atoms with Crippen LogP contribution < -0.4 is 0 Å². The third kappa shape index (κ3) is 2.28. The fourth-order valence-electron chi connectivity index (χ4n) is 2.09. The summed E-state index contributed by atoms with van der Waals surface area (Å²) in [4.78, 5) is 23.7. The average Bonchev–Trinajstić information content (AvgIpc) is 2.87. The summed E-state index contributed by atoms with van der Waals surface area (Å²) >= 11 is 5.79. The summed E-state index contributed by atoms with van der Waals surface area (Å²) in [5.41, 5.74) is 0.687. The molecule has 0 radical (unpaired) electrons. The highest BCUT2D eigenvalue weighted by Gasteiger charge is 2.20. The molecule has 2 aromatic carbocycles. The summed E-state index contributed by atoms with van der Waals surface area (Å²) < 4.78 is 1.10. The number of hydrogen-bond acceptors (Lipinski definition) is 3. The van der Waals surface area contributed by atoms with E-state index in [9.17, 15) is 14.7 Å². The first-order valence-corrected chi connectivity index (χ1v) is 6.47. The Hall–Kier alpha value is -2.66. The molecule has 1 N–H and O–H groups in total. The SMILES string of the molecule is O=C(O)c1nn(C(=O)c2ccc(Cl)cc2)c2ccccc12. The van der Waals surface area contributed by atoms with Crippen LogP contribution in [0.1, 0.15) is 20.8 Å². The topological polar surface area (TPSA) is 72.2 Å². The summed E-state index contributed by atoms with van der Waals surface area (Å²) in [5, 5.41) is 14.0. The lowest BCUT2D eigenvalue weighted by Crippen LogP contribution is -2.14. The summed E-state index contributed by atoms with van der Waals surface area (Å²) in [5.74, 6) is -1.58. The van der Waals surface area contributed by atoms with E-state index in [0.29, 0.717) is 21.5 Å². The minimum Gasteiger partial charge on any atom is -0.476 e. The van der Waals surface area contributed by atoms with Crippen LogP contribution in [-0.2, 0) is 0 Å². The van der Waals surface area contributed by atoms with Gasteiger partial charge in [-0.15, -0.1) is 0 Å². The Bertz CT molecular complexity index is 853. The number of hydrogen-bond donors (Lipinski definition) is 1. The van der Waals surface area contributed by atoms with Gasteiger partial charge in [-0.25, -0.2) is 4.79 Å². The summed E-state index contributed by atoms with van der Waals surface area (Å²) in [6.45, 7) is 0. The average molecular weight is 301 g/mol. The van der Waals surface area contributed by atoms with E-state index < -0.39 is 11.9 Å². The Balaban J connectivity index is 2.18. The zero-order valence-electron chi connectivity index (χ0n) is 10.7. The predicted octanol–water partition coefficient (Wildman–Crippen LogP) is 3.08. The molecule has 0 amide bonds. The van der Waals surface area contributed by atoms with Crippen LogP contribution in [0.4, 0.5) is 0 Å². The van der Waals surface area contributed by atoms with Gasteiger partial charge in [-0.3, -0.25) is 4.79 Å². The summed E-state index contributed by atoms with van der Waals surface area (Å²) in [6, 6.07) is 13.0. The lowest BCUT2D eigenvalue weighted by Gasteiger charge is -2.02. The summed E-state index contributed by atoms with van der Waals surface area (Å²) in [6.07, 6.45) is 0. The van der Waals surface area contributed by atoms with Gasteiger partial charge in [0.1, 0.15) is 0 Å². The van der Waals surface area contributed by atoms with Gasteiger partial charge in [-0.05, 0) is 30.3 Å². The molecule has 0 saturated carbocycles. The first-order valence-electron chi connectivity index (χ1n) is 6.09. The minimum absolute atomic E-state index is 0.145. The monoisotopic (exact) mass is 300 g/mol. The molecule has 3 rings (SSSR count). The number of para-hydroxylation sites is 1. The van der Waals surface area contributed by atoms with Crippen LogP contribution in [0.15, 0.2) is 48.5 Å². The molecule has 0 spiro atoms. The maximum atomic E-state index is 12.5. The van der Waals surface area contributed by atoms with Gasteiger partial charge in [-0.2, -0.15) is 9.78 Å². The number of rotatable bonds is 2. The van der Waals surface area contributed by atoms with E-state index in [1.165, 1.54) is 0 Å². The van der Waals surface area contributed by atoms with Crippen molar-refractivity contribution in [2.45, 2.75) is 0 Å². The van der Waals surface area contributed by atoms with Gasteiger partial charge in [-0.1, -0.05) is 29.8 Å². The Morgan fingerprint density at radius 3 is 2.38 bits per heavy atom. The zero-order valence-corrected chi connectivity index (χ0v) is 11.4. The molecule has 5 nitrogen and oxygen atoms in total. The van der Waals surface area contributed by atoms with Gasteiger partial charge in [0.15, 0.2) is 5.69 Å². The van der Waals surface area contributed by atoms with Crippen molar-refractivity contribution >= 4 is 34.4 Å². The molecule has 0 unspecified atom stereocenters. The number of halogens is 1. The second-order valence-electron chi connectivity index (χ2n) is 4.39. The third-order valence-electron chi connectivity index (χ3n) is 3.07. The molecule has 0 atom stereocenters. The first-order chi connectivity index (χ1) is 10.1. The van der Waals surface area contributed by atoms with E-state index in [4.69, 9.17) is 11.6 Å². The fourth-order valence-corrected chi connectivity index (χ4v) is 2.22. The molecular weight excluding hydrogens is 292 g/mol. The number of nitrogens with zero attached hydrogens (tertiary/aromatic N) is 2. The quantitative estimate of drug-likeness (QED) is 0.789. The molecule has 1 heterocycles. The predicted molar refractivity (Wildman–Crippen MR) is 77.9 cm³/mol. The number of benzene rings is 2. The Kier molecular flexibility index (Phi) is 3.19. The van der Waals surface area contributed by atoms with Crippen molar-refractivity contribution in [1.82, 2.24) is 9.78 Å². The van der Waals surface area contributed by atoms with Crippen LogP contribution in [0, 0.1) is 0 Å². The molecule has 3 aromatic rings. The fraction of sp³-hybridized carbons (Fsp3) is 0. The van der Waals surface area contributed by atoms with Gasteiger partial charge in [0.2, 0.25) is 0 Å². The van der Waals surface area contributed by atoms with Crippen molar-refractivity contribution < 1.29 is 14.7 Å². The van der Waals surface area contributed by atoms with Crippen LogP contribution >= 0.6 is 11.6 Å². The molecule has 1 aromatic heterocycles. The Morgan fingerprint density at radius 1 is 1.05 bits per heavy atom. The Labute approximate surface area is 124 Å². The largest absolute Gasteiger partial charge is 0.476 e. The molecule has 0 aliphatic rings. The standard InChI is InChI=1S/C15H9ClN2O3/c16-10-7-5-9(6-8-10)14(19)18-12-4-2-1-3-11(12)13(17-18)15(20)21/h1-8H,(H,20,21). The van der Waals surface area contributed by atoms with Gasteiger partial charge < -0.3 is 5.11 Å². The van der Waals surface area contributed by atoms with E-state index in [1.807, 2.05) is 0 Å². The summed E-state index contributed by atoms with van der Waals surface area (Å²) in [7, 11) is 0. The van der Waals surface area contributed by atoms with Gasteiger partial charge >= 0.3 is 5.97 Å². The lowest BCUT2D eigenvalue weighted by atomic mass is 10.2. The van der Waals surface area contributed by atoms with E-state index in [1.54, 1.807) is 48.5 Å². The van der Waals surface area contributed by atoms with Crippen LogP contribution in [0.5, 0.6) is 0 Å². The first kappa shape index (κ1) is 13.3. The number of carbonyl (C=O) groups excluding carboxylic acids is 1.